The normalized spacial score (nSPS) is 10.6. The van der Waals surface area contributed by atoms with Crippen LogP contribution in [0.3, 0.4) is 0 Å². The molecule has 0 aromatic heterocycles. The fourth-order valence-electron chi connectivity index (χ4n) is 2.34. The van der Waals surface area contributed by atoms with Crippen LogP contribution in [0.5, 0.6) is 5.75 Å². The first kappa shape index (κ1) is 21.9. The Morgan fingerprint density at radius 3 is 2.59 bits per heavy atom. The Kier molecular flexibility index (Phi) is 7.77. The summed E-state index contributed by atoms with van der Waals surface area (Å²) in [5, 5.41) is 0. The first-order chi connectivity index (χ1) is 13.9. The standard InChI is InChI=1S/C20H21N3O5S/c1-3-12-21-29(26,27)17-10-7-9-16(13-17)20(25)23-22-19(24)14-28-18-11-6-5-8-15(18)4-2/h1,5-11,13,21H,4,12,14H2,2H3,(H,22,24)(H,23,25). The van der Waals surface area contributed by atoms with Crippen LogP contribution < -0.4 is 20.3 Å². The molecule has 8 nitrogen and oxygen atoms in total. The minimum absolute atomic E-state index is 0.0473. The second-order valence-electron chi connectivity index (χ2n) is 5.81. The van der Waals surface area contributed by atoms with Crippen molar-refractivity contribution in [3.05, 3.63) is 59.7 Å². The van der Waals surface area contributed by atoms with E-state index in [4.69, 9.17) is 11.2 Å². The first-order valence-electron chi connectivity index (χ1n) is 8.70. The summed E-state index contributed by atoms with van der Waals surface area (Å²) in [6, 6.07) is 12.7. The molecule has 0 radical (unpaired) electrons. The molecule has 2 rings (SSSR count). The molecule has 0 spiro atoms. The predicted octanol–water partition coefficient (Wildman–Crippen LogP) is 1.00. The largest absolute Gasteiger partial charge is 0.483 e. The van der Waals surface area contributed by atoms with Crippen molar-refractivity contribution in [1.82, 2.24) is 15.6 Å². The number of carbonyl (C=O) groups excluding carboxylic acids is 2. The molecule has 0 saturated heterocycles. The lowest BCUT2D eigenvalue weighted by molar-refractivity contribution is -0.123. The van der Waals surface area contributed by atoms with E-state index in [1.165, 1.54) is 24.3 Å². The molecule has 152 valence electrons. The van der Waals surface area contributed by atoms with Crippen molar-refractivity contribution in [2.75, 3.05) is 13.2 Å². The van der Waals surface area contributed by atoms with Gasteiger partial charge in [-0.3, -0.25) is 20.4 Å². The topological polar surface area (TPSA) is 114 Å². The number of hydrogen-bond donors (Lipinski definition) is 3. The Morgan fingerprint density at radius 1 is 1.10 bits per heavy atom. The summed E-state index contributed by atoms with van der Waals surface area (Å²) in [5.74, 6) is 1.51. The second-order valence-corrected chi connectivity index (χ2v) is 7.58. The molecular weight excluding hydrogens is 394 g/mol. The zero-order chi connectivity index (χ0) is 21.3. The van der Waals surface area contributed by atoms with Crippen LogP contribution in [0.1, 0.15) is 22.8 Å². The first-order valence-corrected chi connectivity index (χ1v) is 10.2. The summed E-state index contributed by atoms with van der Waals surface area (Å²) >= 11 is 0. The number of hydrogen-bond acceptors (Lipinski definition) is 5. The van der Waals surface area contributed by atoms with Gasteiger partial charge in [0.2, 0.25) is 10.0 Å². The van der Waals surface area contributed by atoms with Gasteiger partial charge in [-0.15, -0.1) is 6.42 Å². The number of rotatable bonds is 8. The fraction of sp³-hybridized carbons (Fsp3) is 0.200. The van der Waals surface area contributed by atoms with Crippen molar-refractivity contribution in [2.24, 2.45) is 0 Å². The van der Waals surface area contributed by atoms with E-state index in [1.54, 1.807) is 12.1 Å². The summed E-state index contributed by atoms with van der Waals surface area (Å²) < 4.78 is 31.8. The van der Waals surface area contributed by atoms with Gasteiger partial charge < -0.3 is 4.74 Å². The highest BCUT2D eigenvalue weighted by Crippen LogP contribution is 2.17. The molecule has 2 aromatic carbocycles. The second kappa shape index (κ2) is 10.3. The number of carbonyl (C=O) groups is 2. The van der Waals surface area contributed by atoms with Crippen molar-refractivity contribution in [2.45, 2.75) is 18.2 Å². The molecular formula is C20H21N3O5S. The number of benzene rings is 2. The van der Waals surface area contributed by atoms with E-state index in [2.05, 4.69) is 21.5 Å². The molecule has 0 aliphatic carbocycles. The zero-order valence-corrected chi connectivity index (χ0v) is 16.6. The average molecular weight is 415 g/mol. The third-order valence-electron chi connectivity index (χ3n) is 3.80. The minimum atomic E-state index is -3.84. The number of amides is 2. The van der Waals surface area contributed by atoms with Crippen molar-refractivity contribution >= 4 is 21.8 Å². The molecule has 0 unspecified atom stereocenters. The smallest absolute Gasteiger partial charge is 0.276 e. The van der Waals surface area contributed by atoms with E-state index in [-0.39, 0.29) is 23.6 Å². The van der Waals surface area contributed by atoms with Gasteiger partial charge in [-0.1, -0.05) is 37.1 Å². The van der Waals surface area contributed by atoms with Crippen molar-refractivity contribution in [3.63, 3.8) is 0 Å². The number of sulfonamides is 1. The minimum Gasteiger partial charge on any atom is -0.483 e. The van der Waals surface area contributed by atoms with E-state index in [9.17, 15) is 18.0 Å². The summed E-state index contributed by atoms with van der Waals surface area (Å²) in [6.07, 6.45) is 5.80. The molecule has 0 heterocycles. The van der Waals surface area contributed by atoms with Crippen LogP contribution in [-0.2, 0) is 21.2 Å². The van der Waals surface area contributed by atoms with E-state index in [0.717, 1.165) is 12.0 Å². The Balaban J connectivity index is 1.93. The Hall–Kier alpha value is -3.35. The van der Waals surface area contributed by atoms with Gasteiger partial charge in [-0.25, -0.2) is 8.42 Å². The number of ether oxygens (including phenoxy) is 1. The van der Waals surface area contributed by atoms with Crippen LogP contribution in [0.2, 0.25) is 0 Å². The van der Waals surface area contributed by atoms with E-state index < -0.39 is 21.8 Å². The number of nitrogens with one attached hydrogen (secondary N) is 3. The molecule has 2 amide bonds. The molecule has 9 heteroatoms. The molecule has 2 aromatic rings. The lowest BCUT2D eigenvalue weighted by atomic mass is 10.1. The highest BCUT2D eigenvalue weighted by molar-refractivity contribution is 7.89. The van der Waals surface area contributed by atoms with Crippen molar-refractivity contribution in [1.29, 1.82) is 0 Å². The molecule has 0 bridgehead atoms. The third kappa shape index (κ3) is 6.34. The maximum absolute atomic E-state index is 12.2. The molecule has 0 aliphatic rings. The average Bonchev–Trinajstić information content (AvgIpc) is 2.74. The Morgan fingerprint density at radius 2 is 1.86 bits per heavy atom. The summed E-state index contributed by atoms with van der Waals surface area (Å²) in [7, 11) is -3.84. The molecule has 0 saturated carbocycles. The van der Waals surface area contributed by atoms with Gasteiger partial charge in [-0.2, -0.15) is 4.72 Å². The Bertz CT molecular complexity index is 1030. The van der Waals surface area contributed by atoms with Crippen LogP contribution in [0.15, 0.2) is 53.4 Å². The summed E-state index contributed by atoms with van der Waals surface area (Å²) in [5.41, 5.74) is 5.45. The maximum Gasteiger partial charge on any atom is 0.276 e. The quantitative estimate of drug-likeness (QED) is 0.440. The summed E-state index contributed by atoms with van der Waals surface area (Å²) in [4.78, 5) is 24.0. The monoisotopic (exact) mass is 415 g/mol. The van der Waals surface area contributed by atoms with Gasteiger partial charge in [0.05, 0.1) is 11.4 Å². The van der Waals surface area contributed by atoms with Crippen LogP contribution in [0.25, 0.3) is 0 Å². The number of terminal acetylenes is 1. The van der Waals surface area contributed by atoms with Crippen LogP contribution in [0, 0.1) is 12.3 Å². The SMILES string of the molecule is C#CCNS(=O)(=O)c1cccc(C(=O)NNC(=O)COc2ccccc2CC)c1. The van der Waals surface area contributed by atoms with Gasteiger partial charge in [0, 0.05) is 5.56 Å². The van der Waals surface area contributed by atoms with E-state index >= 15 is 0 Å². The van der Waals surface area contributed by atoms with Crippen LogP contribution >= 0.6 is 0 Å². The molecule has 29 heavy (non-hydrogen) atoms. The lowest BCUT2D eigenvalue weighted by Gasteiger charge is -2.11. The van der Waals surface area contributed by atoms with Gasteiger partial charge in [0.25, 0.3) is 11.8 Å². The third-order valence-corrected chi connectivity index (χ3v) is 5.20. The lowest BCUT2D eigenvalue weighted by Crippen LogP contribution is -2.43. The van der Waals surface area contributed by atoms with Crippen LogP contribution in [0.4, 0.5) is 0 Å². The van der Waals surface area contributed by atoms with Gasteiger partial charge >= 0.3 is 0 Å². The van der Waals surface area contributed by atoms with Crippen LogP contribution in [-0.4, -0.2) is 33.4 Å². The van der Waals surface area contributed by atoms with Gasteiger partial charge in [0.15, 0.2) is 6.61 Å². The highest BCUT2D eigenvalue weighted by atomic mass is 32.2. The van der Waals surface area contributed by atoms with E-state index in [1.807, 2.05) is 19.1 Å². The number of para-hydroxylation sites is 1. The number of aryl methyl sites for hydroxylation is 1. The fourth-order valence-corrected chi connectivity index (χ4v) is 3.32. The van der Waals surface area contributed by atoms with Crippen molar-refractivity contribution in [3.8, 4) is 18.1 Å². The van der Waals surface area contributed by atoms with E-state index in [0.29, 0.717) is 5.75 Å². The molecule has 0 aliphatic heterocycles. The zero-order valence-electron chi connectivity index (χ0n) is 15.8. The molecule has 0 fully saturated rings. The molecule has 3 N–H and O–H groups in total. The highest BCUT2D eigenvalue weighted by Gasteiger charge is 2.16. The Labute approximate surface area is 169 Å². The van der Waals surface area contributed by atoms with Crippen molar-refractivity contribution < 1.29 is 22.7 Å². The maximum atomic E-state index is 12.2. The molecule has 0 atom stereocenters. The summed E-state index contributed by atoms with van der Waals surface area (Å²) in [6.45, 7) is 1.51. The van der Waals surface area contributed by atoms with Gasteiger partial charge in [0.1, 0.15) is 5.75 Å². The predicted molar refractivity (Wildman–Crippen MR) is 107 cm³/mol. The van der Waals surface area contributed by atoms with Gasteiger partial charge in [-0.05, 0) is 36.2 Å². The number of hydrazine groups is 1.